The third-order valence-corrected chi connectivity index (χ3v) is 5.56. The lowest BCUT2D eigenvalue weighted by Gasteiger charge is -2.36. The number of carbonyl (C=O) groups excluding carboxylic acids is 2. The quantitative estimate of drug-likeness (QED) is 0.736. The number of hydrogen-bond acceptors (Lipinski definition) is 5. The van der Waals surface area contributed by atoms with Crippen LogP contribution in [0.4, 0.5) is 0 Å². The van der Waals surface area contributed by atoms with E-state index >= 15 is 0 Å². The summed E-state index contributed by atoms with van der Waals surface area (Å²) in [6, 6.07) is 13.0. The van der Waals surface area contributed by atoms with Gasteiger partial charge in [0.2, 0.25) is 11.7 Å². The van der Waals surface area contributed by atoms with E-state index in [0.717, 1.165) is 10.6 Å². The highest BCUT2D eigenvalue weighted by Gasteiger charge is 2.37. The molecule has 8 heteroatoms. The van der Waals surface area contributed by atoms with Gasteiger partial charge in [-0.1, -0.05) is 38.1 Å². The van der Waals surface area contributed by atoms with Crippen LogP contribution in [0.2, 0.25) is 0 Å². The Labute approximate surface area is 167 Å². The Bertz CT molecular complexity index is 981. The molecule has 0 bridgehead atoms. The van der Waals surface area contributed by atoms with Gasteiger partial charge in [-0.25, -0.2) is 9.67 Å². The fourth-order valence-corrected chi connectivity index (χ4v) is 4.12. The van der Waals surface area contributed by atoms with E-state index in [2.05, 4.69) is 15.4 Å². The Morgan fingerprint density at radius 1 is 1.21 bits per heavy atom. The standard InChI is InChI=1S/C20H21N5O2S/c1-13(2)16-19(26)21-10-11-24(16)20(27)17-22-18(15-9-6-12-28-15)25(23-17)14-7-4-3-5-8-14/h3-9,12-13,16H,10-11H2,1-2H3,(H,21,26). The van der Waals surface area contributed by atoms with Gasteiger partial charge in [-0.2, -0.15) is 0 Å². The van der Waals surface area contributed by atoms with E-state index in [-0.39, 0.29) is 23.6 Å². The maximum absolute atomic E-state index is 13.2. The van der Waals surface area contributed by atoms with Crippen LogP contribution in [-0.4, -0.2) is 50.6 Å². The minimum Gasteiger partial charge on any atom is -0.353 e. The molecule has 28 heavy (non-hydrogen) atoms. The average Bonchev–Trinajstić information content (AvgIpc) is 3.37. The van der Waals surface area contributed by atoms with Crippen molar-refractivity contribution in [3.8, 4) is 16.4 Å². The monoisotopic (exact) mass is 395 g/mol. The lowest BCUT2D eigenvalue weighted by Crippen LogP contribution is -2.59. The highest BCUT2D eigenvalue weighted by Crippen LogP contribution is 2.26. The second-order valence-corrected chi connectivity index (χ2v) is 7.91. The van der Waals surface area contributed by atoms with Crippen LogP contribution in [0.15, 0.2) is 47.8 Å². The Kier molecular flexibility index (Phi) is 4.95. The van der Waals surface area contributed by atoms with E-state index < -0.39 is 6.04 Å². The number of rotatable bonds is 4. The second-order valence-electron chi connectivity index (χ2n) is 6.96. The van der Waals surface area contributed by atoms with Gasteiger partial charge in [0.25, 0.3) is 5.91 Å². The zero-order chi connectivity index (χ0) is 19.7. The second kappa shape index (κ2) is 7.55. The average molecular weight is 395 g/mol. The summed E-state index contributed by atoms with van der Waals surface area (Å²) in [4.78, 5) is 32.6. The van der Waals surface area contributed by atoms with E-state index in [1.165, 1.54) is 11.3 Å². The van der Waals surface area contributed by atoms with Crippen molar-refractivity contribution in [1.82, 2.24) is 25.0 Å². The predicted octanol–water partition coefficient (Wildman–Crippen LogP) is 2.59. The maximum Gasteiger partial charge on any atom is 0.294 e. The van der Waals surface area contributed by atoms with Gasteiger partial charge in [-0.15, -0.1) is 16.4 Å². The van der Waals surface area contributed by atoms with Gasteiger partial charge in [0.05, 0.1) is 10.6 Å². The number of aromatic nitrogens is 3. The maximum atomic E-state index is 13.2. The molecular weight excluding hydrogens is 374 g/mol. The topological polar surface area (TPSA) is 80.1 Å². The van der Waals surface area contributed by atoms with Crippen molar-refractivity contribution in [2.45, 2.75) is 19.9 Å². The molecule has 3 aromatic rings. The fraction of sp³-hybridized carbons (Fsp3) is 0.300. The summed E-state index contributed by atoms with van der Waals surface area (Å²) in [5.41, 5.74) is 0.828. The first-order valence-electron chi connectivity index (χ1n) is 9.21. The molecule has 3 heterocycles. The molecule has 1 atom stereocenters. The number of thiophene rings is 1. The molecule has 1 saturated heterocycles. The van der Waals surface area contributed by atoms with Gasteiger partial charge in [0.15, 0.2) is 5.82 Å². The van der Waals surface area contributed by atoms with Crippen LogP contribution in [0, 0.1) is 5.92 Å². The lowest BCUT2D eigenvalue weighted by atomic mass is 9.99. The van der Waals surface area contributed by atoms with E-state index in [1.807, 2.05) is 61.7 Å². The van der Waals surface area contributed by atoms with Crippen molar-refractivity contribution < 1.29 is 9.59 Å². The predicted molar refractivity (Wildman–Crippen MR) is 107 cm³/mol. The first-order chi connectivity index (χ1) is 13.6. The molecule has 0 aliphatic carbocycles. The van der Waals surface area contributed by atoms with E-state index in [9.17, 15) is 9.59 Å². The van der Waals surface area contributed by atoms with Gasteiger partial charge < -0.3 is 10.2 Å². The Balaban J connectivity index is 1.76. The highest BCUT2D eigenvalue weighted by molar-refractivity contribution is 7.13. The SMILES string of the molecule is CC(C)C1C(=O)NCCN1C(=O)c1nc(-c2cccs2)n(-c2ccccc2)n1. The molecule has 144 valence electrons. The summed E-state index contributed by atoms with van der Waals surface area (Å²) in [6.07, 6.45) is 0. The molecule has 0 spiro atoms. The summed E-state index contributed by atoms with van der Waals surface area (Å²) in [6.45, 7) is 4.75. The fourth-order valence-electron chi connectivity index (χ4n) is 3.42. The van der Waals surface area contributed by atoms with Crippen LogP contribution < -0.4 is 5.32 Å². The van der Waals surface area contributed by atoms with Gasteiger partial charge in [-0.3, -0.25) is 9.59 Å². The van der Waals surface area contributed by atoms with Crippen LogP contribution in [0.3, 0.4) is 0 Å². The molecule has 2 amide bonds. The zero-order valence-corrected chi connectivity index (χ0v) is 16.5. The van der Waals surface area contributed by atoms with Crippen LogP contribution >= 0.6 is 11.3 Å². The van der Waals surface area contributed by atoms with Crippen molar-refractivity contribution in [1.29, 1.82) is 0 Å². The third kappa shape index (κ3) is 3.31. The first-order valence-corrected chi connectivity index (χ1v) is 10.1. The minimum atomic E-state index is -0.518. The number of nitrogens with zero attached hydrogens (tertiary/aromatic N) is 4. The number of carbonyl (C=O) groups is 2. The summed E-state index contributed by atoms with van der Waals surface area (Å²) in [5.74, 6) is 0.272. The molecule has 1 aromatic carbocycles. The van der Waals surface area contributed by atoms with Gasteiger partial charge in [0, 0.05) is 13.1 Å². The van der Waals surface area contributed by atoms with Crippen LogP contribution in [0.25, 0.3) is 16.4 Å². The lowest BCUT2D eigenvalue weighted by molar-refractivity contribution is -0.129. The third-order valence-electron chi connectivity index (χ3n) is 4.69. The Morgan fingerprint density at radius 3 is 2.68 bits per heavy atom. The number of amides is 2. The van der Waals surface area contributed by atoms with Gasteiger partial charge in [-0.05, 0) is 29.5 Å². The molecule has 2 aromatic heterocycles. The molecule has 0 saturated carbocycles. The molecule has 1 fully saturated rings. The highest BCUT2D eigenvalue weighted by atomic mass is 32.1. The number of para-hydroxylation sites is 1. The number of piperazine rings is 1. The minimum absolute atomic E-state index is 0.00257. The van der Waals surface area contributed by atoms with Crippen molar-refractivity contribution in [2.24, 2.45) is 5.92 Å². The molecule has 0 radical (unpaired) electrons. The summed E-state index contributed by atoms with van der Waals surface area (Å²) < 4.78 is 1.69. The molecule has 1 aliphatic rings. The summed E-state index contributed by atoms with van der Waals surface area (Å²) in [5, 5.41) is 9.32. The van der Waals surface area contributed by atoms with Gasteiger partial charge >= 0.3 is 0 Å². The van der Waals surface area contributed by atoms with E-state index in [1.54, 1.807) is 9.58 Å². The van der Waals surface area contributed by atoms with Crippen LogP contribution in [0.1, 0.15) is 24.5 Å². The van der Waals surface area contributed by atoms with Crippen molar-refractivity contribution in [3.05, 3.63) is 53.7 Å². The smallest absolute Gasteiger partial charge is 0.294 e. The molecule has 1 N–H and O–H groups in total. The van der Waals surface area contributed by atoms with Gasteiger partial charge in [0.1, 0.15) is 6.04 Å². The normalized spacial score (nSPS) is 17.0. The first kappa shape index (κ1) is 18.4. The van der Waals surface area contributed by atoms with E-state index in [4.69, 9.17) is 0 Å². The van der Waals surface area contributed by atoms with Crippen LogP contribution in [0.5, 0.6) is 0 Å². The largest absolute Gasteiger partial charge is 0.353 e. The molecule has 4 rings (SSSR count). The van der Waals surface area contributed by atoms with Crippen molar-refractivity contribution in [2.75, 3.05) is 13.1 Å². The van der Waals surface area contributed by atoms with Crippen molar-refractivity contribution >= 4 is 23.2 Å². The Morgan fingerprint density at radius 2 is 2.00 bits per heavy atom. The van der Waals surface area contributed by atoms with Crippen molar-refractivity contribution in [3.63, 3.8) is 0 Å². The molecular formula is C20H21N5O2S. The zero-order valence-electron chi connectivity index (χ0n) is 15.7. The Hall–Kier alpha value is -3.00. The molecule has 1 unspecified atom stereocenters. The summed E-state index contributed by atoms with van der Waals surface area (Å²) >= 11 is 1.54. The number of hydrogen-bond donors (Lipinski definition) is 1. The van der Waals surface area contributed by atoms with E-state index in [0.29, 0.717) is 18.9 Å². The summed E-state index contributed by atoms with van der Waals surface area (Å²) in [7, 11) is 0. The van der Waals surface area contributed by atoms with Crippen LogP contribution in [-0.2, 0) is 4.79 Å². The number of nitrogens with one attached hydrogen (secondary N) is 1. The molecule has 1 aliphatic heterocycles. The molecule has 7 nitrogen and oxygen atoms in total. The number of benzene rings is 1.